The zero-order valence-electron chi connectivity index (χ0n) is 11.5. The predicted octanol–water partition coefficient (Wildman–Crippen LogP) is -0.194. The molecule has 1 amide bonds. The van der Waals surface area contributed by atoms with E-state index in [1.807, 2.05) is 9.97 Å². The lowest BCUT2D eigenvalue weighted by Gasteiger charge is -2.06. The van der Waals surface area contributed by atoms with Crippen LogP contribution in [-0.4, -0.2) is 36.4 Å². The second-order valence-electron chi connectivity index (χ2n) is 4.53. The van der Waals surface area contributed by atoms with E-state index in [1.54, 1.807) is 12.1 Å². The average Bonchev–Trinajstić information content (AvgIpc) is 3.05. The van der Waals surface area contributed by atoms with Crippen LogP contribution in [0.4, 0.5) is 5.69 Å². The van der Waals surface area contributed by atoms with Gasteiger partial charge in [0.2, 0.25) is 5.88 Å². The van der Waals surface area contributed by atoms with Gasteiger partial charge in [0.1, 0.15) is 0 Å². The Labute approximate surface area is 127 Å². The number of aromatic amines is 3. The summed E-state index contributed by atoms with van der Waals surface area (Å²) >= 11 is 0. The van der Waals surface area contributed by atoms with Crippen molar-refractivity contribution in [3.8, 4) is 17.1 Å². The normalized spacial score (nSPS) is 10.4. The van der Waals surface area contributed by atoms with Crippen LogP contribution in [0.5, 0.6) is 5.88 Å². The van der Waals surface area contributed by atoms with Crippen LogP contribution in [0.2, 0.25) is 0 Å². The molecule has 5 N–H and O–H groups in total. The van der Waals surface area contributed by atoms with E-state index in [-0.39, 0.29) is 5.56 Å². The third-order valence-corrected chi connectivity index (χ3v) is 3.03. The molecule has 0 atom stereocenters. The highest BCUT2D eigenvalue weighted by molar-refractivity contribution is 6.04. The zero-order valence-corrected chi connectivity index (χ0v) is 11.5. The average molecular weight is 314 g/mol. The van der Waals surface area contributed by atoms with Gasteiger partial charge in [-0.3, -0.25) is 24.7 Å². The summed E-state index contributed by atoms with van der Waals surface area (Å²) in [6, 6.07) is 6.40. The largest absolute Gasteiger partial charge is 0.493 e. The Morgan fingerprint density at radius 2 is 1.87 bits per heavy atom. The number of hydrogen-bond donors (Lipinski definition) is 5. The maximum Gasteiger partial charge on any atom is 0.328 e. The van der Waals surface area contributed by atoms with Crippen molar-refractivity contribution in [1.82, 2.24) is 25.4 Å². The molecule has 0 fully saturated rings. The molecule has 10 heteroatoms. The summed E-state index contributed by atoms with van der Waals surface area (Å²) in [5, 5.41) is 21.7. The molecule has 0 aliphatic carbocycles. The SMILES string of the molecule is O=C(Nc1c(O)[nH]c(=O)[nH]c1=O)c1ccc(-c2cnn[nH]2)cc1. The fourth-order valence-electron chi connectivity index (χ4n) is 1.91. The molecule has 3 rings (SSSR count). The van der Waals surface area contributed by atoms with E-state index in [0.29, 0.717) is 5.69 Å². The smallest absolute Gasteiger partial charge is 0.328 e. The van der Waals surface area contributed by atoms with Gasteiger partial charge < -0.3 is 10.4 Å². The van der Waals surface area contributed by atoms with E-state index in [4.69, 9.17) is 0 Å². The summed E-state index contributed by atoms with van der Waals surface area (Å²) in [7, 11) is 0. The number of nitrogens with one attached hydrogen (secondary N) is 4. The highest BCUT2D eigenvalue weighted by Crippen LogP contribution is 2.17. The van der Waals surface area contributed by atoms with Gasteiger partial charge in [-0.25, -0.2) is 4.79 Å². The molecular formula is C13H10N6O4. The molecule has 0 spiro atoms. The fourth-order valence-corrected chi connectivity index (χ4v) is 1.91. The Morgan fingerprint density at radius 1 is 1.13 bits per heavy atom. The minimum Gasteiger partial charge on any atom is -0.493 e. The van der Waals surface area contributed by atoms with Crippen molar-refractivity contribution in [2.24, 2.45) is 0 Å². The summed E-state index contributed by atoms with van der Waals surface area (Å²) in [5.41, 5.74) is -0.492. The van der Waals surface area contributed by atoms with Gasteiger partial charge in [-0.15, -0.1) is 5.10 Å². The highest BCUT2D eigenvalue weighted by Gasteiger charge is 2.13. The van der Waals surface area contributed by atoms with Gasteiger partial charge in [0.15, 0.2) is 5.69 Å². The maximum absolute atomic E-state index is 12.1. The second-order valence-corrected chi connectivity index (χ2v) is 4.53. The lowest BCUT2D eigenvalue weighted by molar-refractivity contribution is 0.102. The first-order valence-electron chi connectivity index (χ1n) is 6.38. The van der Waals surface area contributed by atoms with Crippen molar-refractivity contribution in [1.29, 1.82) is 0 Å². The highest BCUT2D eigenvalue weighted by atomic mass is 16.3. The number of anilines is 1. The third-order valence-electron chi connectivity index (χ3n) is 3.03. The summed E-state index contributed by atoms with van der Waals surface area (Å²) < 4.78 is 0. The Hall–Kier alpha value is -3.69. The van der Waals surface area contributed by atoms with Gasteiger partial charge in [0.25, 0.3) is 11.5 Å². The molecule has 10 nitrogen and oxygen atoms in total. The number of carbonyl (C=O) groups excluding carboxylic acids is 1. The van der Waals surface area contributed by atoms with E-state index >= 15 is 0 Å². The molecule has 0 saturated carbocycles. The molecule has 23 heavy (non-hydrogen) atoms. The summed E-state index contributed by atoms with van der Waals surface area (Å²) in [6.45, 7) is 0. The van der Waals surface area contributed by atoms with Crippen LogP contribution in [0.1, 0.15) is 10.4 Å². The molecule has 2 heterocycles. The summed E-state index contributed by atoms with van der Waals surface area (Å²) in [4.78, 5) is 38.5. The molecule has 0 bridgehead atoms. The number of nitrogens with zero attached hydrogens (tertiary/aromatic N) is 2. The number of carbonyl (C=O) groups is 1. The number of H-pyrrole nitrogens is 3. The van der Waals surface area contributed by atoms with E-state index in [9.17, 15) is 19.5 Å². The fraction of sp³-hybridized carbons (Fsp3) is 0. The van der Waals surface area contributed by atoms with E-state index in [2.05, 4.69) is 20.7 Å². The first-order chi connectivity index (χ1) is 11.0. The number of aromatic hydroxyl groups is 1. The quantitative estimate of drug-likeness (QED) is 0.451. The topological polar surface area (TPSA) is 157 Å². The summed E-state index contributed by atoms with van der Waals surface area (Å²) in [5.74, 6) is -1.33. The Bertz CT molecular complexity index is 955. The number of benzene rings is 1. The predicted molar refractivity (Wildman–Crippen MR) is 79.1 cm³/mol. The molecule has 0 radical (unpaired) electrons. The van der Waals surface area contributed by atoms with Gasteiger partial charge in [-0.2, -0.15) is 0 Å². The van der Waals surface area contributed by atoms with Crippen LogP contribution in [0, 0.1) is 0 Å². The Balaban J connectivity index is 1.84. The molecule has 116 valence electrons. The van der Waals surface area contributed by atoms with Crippen molar-refractivity contribution in [3.05, 3.63) is 56.9 Å². The molecule has 0 aliphatic rings. The van der Waals surface area contributed by atoms with Gasteiger partial charge >= 0.3 is 5.69 Å². The van der Waals surface area contributed by atoms with Crippen molar-refractivity contribution in [2.45, 2.75) is 0 Å². The number of rotatable bonds is 3. The van der Waals surface area contributed by atoms with Crippen LogP contribution in [0.3, 0.4) is 0 Å². The number of aromatic nitrogens is 5. The van der Waals surface area contributed by atoms with Gasteiger partial charge in [-0.1, -0.05) is 17.3 Å². The van der Waals surface area contributed by atoms with Crippen molar-refractivity contribution < 1.29 is 9.90 Å². The van der Waals surface area contributed by atoms with Crippen LogP contribution >= 0.6 is 0 Å². The molecular weight excluding hydrogens is 304 g/mol. The van der Waals surface area contributed by atoms with E-state index in [1.165, 1.54) is 18.3 Å². The minimum atomic E-state index is -0.903. The minimum absolute atomic E-state index is 0.256. The first kappa shape index (κ1) is 14.3. The Kier molecular flexibility index (Phi) is 3.47. The van der Waals surface area contributed by atoms with Crippen molar-refractivity contribution >= 4 is 11.6 Å². The Morgan fingerprint density at radius 3 is 2.48 bits per heavy atom. The van der Waals surface area contributed by atoms with Gasteiger partial charge in [-0.05, 0) is 12.1 Å². The van der Waals surface area contributed by atoms with Crippen molar-refractivity contribution in [2.75, 3.05) is 5.32 Å². The molecule has 1 aromatic carbocycles. The standard InChI is InChI=1S/C13H10N6O4/c20-10(15-9-11(21)16-13(23)17-12(9)22)7-3-1-6(2-4-7)8-5-14-19-18-8/h1-5H,(H,15,20)(H,14,18,19)(H3,16,17,21,22,23). The van der Waals surface area contributed by atoms with E-state index in [0.717, 1.165) is 5.56 Å². The van der Waals surface area contributed by atoms with Crippen molar-refractivity contribution in [3.63, 3.8) is 0 Å². The van der Waals surface area contributed by atoms with Gasteiger partial charge in [0.05, 0.1) is 11.9 Å². The molecule has 2 aromatic heterocycles. The van der Waals surface area contributed by atoms with Gasteiger partial charge in [0, 0.05) is 11.1 Å². The lowest BCUT2D eigenvalue weighted by atomic mass is 10.1. The molecule has 0 unspecified atom stereocenters. The number of amides is 1. The van der Waals surface area contributed by atoms with Crippen LogP contribution in [0.25, 0.3) is 11.3 Å². The van der Waals surface area contributed by atoms with Crippen LogP contribution < -0.4 is 16.6 Å². The third kappa shape index (κ3) is 2.85. The molecule has 3 aromatic rings. The lowest BCUT2D eigenvalue weighted by Crippen LogP contribution is -2.27. The summed E-state index contributed by atoms with van der Waals surface area (Å²) in [6.07, 6.45) is 1.53. The zero-order chi connectivity index (χ0) is 16.4. The van der Waals surface area contributed by atoms with Crippen LogP contribution in [-0.2, 0) is 0 Å². The molecule has 0 aliphatic heterocycles. The first-order valence-corrected chi connectivity index (χ1v) is 6.38. The monoisotopic (exact) mass is 314 g/mol. The van der Waals surface area contributed by atoms with E-state index < -0.39 is 28.7 Å². The maximum atomic E-state index is 12.1. The molecule has 0 saturated heterocycles. The van der Waals surface area contributed by atoms with Crippen LogP contribution in [0.15, 0.2) is 40.1 Å². The number of hydrogen-bond acceptors (Lipinski definition) is 6. The second kappa shape index (κ2) is 5.60.